The summed E-state index contributed by atoms with van der Waals surface area (Å²) in [5.41, 5.74) is 2.18. The van der Waals surface area contributed by atoms with Gasteiger partial charge in [-0.1, -0.05) is 38.1 Å². The van der Waals surface area contributed by atoms with Crippen molar-refractivity contribution >= 4 is 17.7 Å². The van der Waals surface area contributed by atoms with Gasteiger partial charge in [-0.25, -0.2) is 0 Å². The topological polar surface area (TPSA) is 95.3 Å². The standard InChI is InChI=1S/C31H39F3N4O5/c1-19(2)16-23-28(39)35-26(22-17-20-6-4-5-7-21(20)18-22)29(40)38(23)27(24-8-9-25(43-24)31(32,33)34)30(41)37-12-10-36(11-13-37)14-15-42-3/h4-9,19,22-23,26-27H,10-18H2,1-3H3,(H,35,39)/t23-,26-,27-/m1/s1. The Kier molecular flexibility index (Phi) is 9.17. The molecule has 0 bridgehead atoms. The van der Waals surface area contributed by atoms with Gasteiger partial charge in [0.2, 0.25) is 17.6 Å². The minimum atomic E-state index is -4.78. The predicted molar refractivity (Wildman–Crippen MR) is 151 cm³/mol. The Morgan fingerprint density at radius 1 is 1.05 bits per heavy atom. The Bertz CT molecular complexity index is 1300. The number of carbonyl (C=O) groups is 3. The van der Waals surface area contributed by atoms with E-state index in [0.29, 0.717) is 52.2 Å². The number of halogens is 3. The van der Waals surface area contributed by atoms with E-state index in [4.69, 9.17) is 9.15 Å². The Balaban J connectivity index is 1.51. The number of hydrogen-bond acceptors (Lipinski definition) is 6. The Morgan fingerprint density at radius 3 is 2.26 bits per heavy atom. The first-order chi connectivity index (χ1) is 20.5. The summed E-state index contributed by atoms with van der Waals surface area (Å²) >= 11 is 0. The summed E-state index contributed by atoms with van der Waals surface area (Å²) in [7, 11) is 1.61. The van der Waals surface area contributed by atoms with E-state index < -0.39 is 47.8 Å². The molecule has 1 aliphatic carbocycles. The lowest BCUT2D eigenvalue weighted by molar-refractivity contribution is -0.163. The molecule has 3 heterocycles. The Hall–Kier alpha value is -3.38. The van der Waals surface area contributed by atoms with Gasteiger partial charge in [-0.2, -0.15) is 13.2 Å². The molecule has 1 N–H and O–H groups in total. The molecule has 0 unspecified atom stereocenters. The number of nitrogens with zero attached hydrogens (tertiary/aromatic N) is 3. The number of nitrogens with one attached hydrogen (secondary N) is 1. The van der Waals surface area contributed by atoms with Crippen molar-refractivity contribution < 1.29 is 36.7 Å². The number of carbonyl (C=O) groups excluding carboxylic acids is 3. The number of benzene rings is 1. The highest BCUT2D eigenvalue weighted by atomic mass is 19.4. The molecule has 43 heavy (non-hydrogen) atoms. The third-order valence-electron chi connectivity index (χ3n) is 8.69. The number of alkyl halides is 3. The fraction of sp³-hybridized carbons (Fsp3) is 0.581. The summed E-state index contributed by atoms with van der Waals surface area (Å²) in [6.45, 7) is 6.71. The summed E-state index contributed by atoms with van der Waals surface area (Å²) in [5, 5.41) is 2.92. The van der Waals surface area contributed by atoms with Crippen molar-refractivity contribution in [2.45, 2.75) is 57.4 Å². The lowest BCUT2D eigenvalue weighted by Gasteiger charge is -2.45. The van der Waals surface area contributed by atoms with Crippen molar-refractivity contribution in [3.8, 4) is 0 Å². The largest absolute Gasteiger partial charge is 0.454 e. The summed E-state index contributed by atoms with van der Waals surface area (Å²) in [6.07, 6.45) is -3.42. The van der Waals surface area contributed by atoms with Crippen LogP contribution in [0.5, 0.6) is 0 Å². The highest BCUT2D eigenvalue weighted by molar-refractivity contribution is 6.00. The summed E-state index contributed by atoms with van der Waals surface area (Å²) in [5.74, 6) is -3.31. The predicted octanol–water partition coefficient (Wildman–Crippen LogP) is 3.29. The fourth-order valence-electron chi connectivity index (χ4n) is 6.49. The molecule has 234 valence electrons. The molecule has 9 nitrogen and oxygen atoms in total. The van der Waals surface area contributed by atoms with E-state index in [0.717, 1.165) is 23.3 Å². The summed E-state index contributed by atoms with van der Waals surface area (Å²) in [4.78, 5) is 47.3. The summed E-state index contributed by atoms with van der Waals surface area (Å²) in [6, 6.07) is 6.20. The lowest BCUT2D eigenvalue weighted by atomic mass is 9.88. The molecule has 0 radical (unpaired) electrons. The molecule has 0 spiro atoms. The number of rotatable bonds is 9. The molecule has 2 fully saturated rings. The molecular formula is C31H39F3N4O5. The Labute approximate surface area is 249 Å². The van der Waals surface area contributed by atoms with E-state index in [1.807, 2.05) is 38.1 Å². The van der Waals surface area contributed by atoms with Gasteiger partial charge in [0.1, 0.15) is 17.8 Å². The average Bonchev–Trinajstić information content (AvgIpc) is 3.63. The van der Waals surface area contributed by atoms with Gasteiger partial charge in [-0.05, 0) is 54.4 Å². The van der Waals surface area contributed by atoms with Crippen LogP contribution in [0.1, 0.15) is 49.0 Å². The molecule has 2 saturated heterocycles. The first-order valence-corrected chi connectivity index (χ1v) is 14.8. The van der Waals surface area contributed by atoms with Gasteiger partial charge in [-0.3, -0.25) is 19.3 Å². The van der Waals surface area contributed by atoms with Crippen molar-refractivity contribution in [2.75, 3.05) is 46.4 Å². The van der Waals surface area contributed by atoms with Crippen LogP contribution in [-0.4, -0.2) is 90.9 Å². The highest BCUT2D eigenvalue weighted by Gasteiger charge is 2.51. The minimum Gasteiger partial charge on any atom is -0.454 e. The summed E-state index contributed by atoms with van der Waals surface area (Å²) < 4.78 is 51.4. The minimum absolute atomic E-state index is 0.0410. The second kappa shape index (κ2) is 12.7. The van der Waals surface area contributed by atoms with E-state index in [9.17, 15) is 27.6 Å². The number of furan rings is 1. The van der Waals surface area contributed by atoms with Crippen molar-refractivity contribution in [1.82, 2.24) is 20.0 Å². The number of hydrogen-bond donors (Lipinski definition) is 1. The first-order valence-electron chi connectivity index (χ1n) is 14.8. The highest BCUT2D eigenvalue weighted by Crippen LogP contribution is 2.38. The van der Waals surface area contributed by atoms with Gasteiger partial charge < -0.3 is 24.3 Å². The molecule has 5 rings (SSSR count). The number of amides is 3. The van der Waals surface area contributed by atoms with Crippen LogP contribution in [0.25, 0.3) is 0 Å². The van der Waals surface area contributed by atoms with Gasteiger partial charge in [0.25, 0.3) is 5.91 Å². The van der Waals surface area contributed by atoms with Gasteiger partial charge in [0, 0.05) is 39.8 Å². The third-order valence-corrected chi connectivity index (χ3v) is 8.69. The molecule has 2 aliphatic heterocycles. The van der Waals surface area contributed by atoms with Crippen LogP contribution in [0.2, 0.25) is 0 Å². The SMILES string of the molecule is COCCN1CCN(C(=O)[C@@H](c2ccc(C(F)(F)F)o2)N2C(=O)[C@@H](C3Cc4ccccc4C3)NC(=O)[C@H]2CC(C)C)CC1. The fourth-order valence-corrected chi connectivity index (χ4v) is 6.49. The normalized spacial score (nSPS) is 22.7. The van der Waals surface area contributed by atoms with E-state index in [-0.39, 0.29) is 24.0 Å². The maximum absolute atomic E-state index is 14.4. The number of methoxy groups -OCH3 is 1. The van der Waals surface area contributed by atoms with Crippen molar-refractivity contribution in [1.29, 1.82) is 0 Å². The van der Waals surface area contributed by atoms with Crippen LogP contribution in [0.4, 0.5) is 13.2 Å². The van der Waals surface area contributed by atoms with E-state index in [1.54, 1.807) is 12.0 Å². The number of fused-ring (bicyclic) bond motifs is 1. The monoisotopic (exact) mass is 604 g/mol. The van der Waals surface area contributed by atoms with Gasteiger partial charge in [-0.15, -0.1) is 0 Å². The molecule has 0 saturated carbocycles. The first kappa shape index (κ1) is 31.1. The van der Waals surface area contributed by atoms with Crippen LogP contribution >= 0.6 is 0 Å². The van der Waals surface area contributed by atoms with Crippen LogP contribution in [0, 0.1) is 11.8 Å². The molecular weight excluding hydrogens is 565 g/mol. The van der Waals surface area contributed by atoms with Gasteiger partial charge in [0.05, 0.1) is 6.61 Å². The number of piperazine rings is 2. The zero-order valence-corrected chi connectivity index (χ0v) is 24.7. The number of ether oxygens (including phenoxy) is 1. The lowest BCUT2D eigenvalue weighted by Crippen LogP contribution is -2.67. The molecule has 1 aromatic carbocycles. The average molecular weight is 605 g/mol. The second-order valence-corrected chi connectivity index (χ2v) is 12.1. The molecule has 1 aromatic heterocycles. The van der Waals surface area contributed by atoms with E-state index in [1.165, 1.54) is 4.90 Å². The van der Waals surface area contributed by atoms with Crippen LogP contribution in [0.3, 0.4) is 0 Å². The second-order valence-electron chi connectivity index (χ2n) is 12.1. The molecule has 3 atom stereocenters. The van der Waals surface area contributed by atoms with E-state index >= 15 is 0 Å². The smallest absolute Gasteiger partial charge is 0.449 e. The quantitative estimate of drug-likeness (QED) is 0.472. The third kappa shape index (κ3) is 6.59. The zero-order valence-electron chi connectivity index (χ0n) is 24.7. The molecule has 3 amide bonds. The maximum Gasteiger partial charge on any atom is 0.449 e. The van der Waals surface area contributed by atoms with Crippen molar-refractivity contribution in [3.63, 3.8) is 0 Å². The van der Waals surface area contributed by atoms with Crippen molar-refractivity contribution in [2.24, 2.45) is 11.8 Å². The van der Waals surface area contributed by atoms with Gasteiger partial charge >= 0.3 is 6.18 Å². The maximum atomic E-state index is 14.4. The molecule has 2 aromatic rings. The molecule has 3 aliphatic rings. The zero-order chi connectivity index (χ0) is 30.9. The Morgan fingerprint density at radius 2 is 1.70 bits per heavy atom. The van der Waals surface area contributed by atoms with Crippen LogP contribution in [-0.2, 0) is 38.1 Å². The van der Waals surface area contributed by atoms with E-state index in [2.05, 4.69) is 10.2 Å². The van der Waals surface area contributed by atoms with Crippen LogP contribution < -0.4 is 5.32 Å². The molecule has 12 heteroatoms. The van der Waals surface area contributed by atoms with Crippen LogP contribution in [0.15, 0.2) is 40.8 Å². The van der Waals surface area contributed by atoms with Crippen molar-refractivity contribution in [3.05, 3.63) is 59.0 Å². The van der Waals surface area contributed by atoms with Gasteiger partial charge in [0.15, 0.2) is 6.04 Å².